The van der Waals surface area contributed by atoms with E-state index < -0.39 is 5.54 Å². The topological polar surface area (TPSA) is 70.3 Å². The molecule has 0 aliphatic carbocycles. The summed E-state index contributed by atoms with van der Waals surface area (Å²) in [5.74, 6) is 0.518. The van der Waals surface area contributed by atoms with E-state index in [-0.39, 0.29) is 0 Å². The monoisotopic (exact) mass is 478 g/mol. The third-order valence-corrected chi connectivity index (χ3v) is 6.76. The van der Waals surface area contributed by atoms with Crippen LogP contribution in [0.15, 0.2) is 54.7 Å². The lowest BCUT2D eigenvalue weighted by Crippen LogP contribution is -2.46. The number of nitrogens with two attached hydrogens (primary N) is 1. The van der Waals surface area contributed by atoms with Crippen LogP contribution in [0.5, 0.6) is 0 Å². The number of likely N-dealkylation sites (N-methyl/N-ethyl adjacent to an activating group) is 1. The van der Waals surface area contributed by atoms with Gasteiger partial charge in [-0.3, -0.25) is 0 Å². The molecule has 6 nitrogen and oxygen atoms in total. The summed E-state index contributed by atoms with van der Waals surface area (Å²) in [6, 6.07) is 16.5. The maximum atomic E-state index is 6.42. The molecule has 34 heavy (non-hydrogen) atoms. The average Bonchev–Trinajstić information content (AvgIpc) is 2.84. The highest BCUT2D eigenvalue weighted by Gasteiger charge is 2.16. The molecule has 0 spiro atoms. The van der Waals surface area contributed by atoms with E-state index in [2.05, 4.69) is 56.3 Å². The van der Waals surface area contributed by atoms with Crippen LogP contribution in [0.1, 0.15) is 31.9 Å². The van der Waals surface area contributed by atoms with Crippen molar-refractivity contribution in [2.24, 2.45) is 5.73 Å². The standard InChI is InChI=1S/C27H35ClN6/c1-4-33-15-17-34(18-16-33)14-13-20-5-11-23(12-6-20)31-26-30-19-24(28)25(32-26)21-7-9-22(10-8-21)27(2,3)29/h5-12,19H,4,13-18,29H2,1-3H3,(H,30,31,32). The zero-order valence-electron chi connectivity index (χ0n) is 20.4. The summed E-state index contributed by atoms with van der Waals surface area (Å²) in [7, 11) is 0. The van der Waals surface area contributed by atoms with Gasteiger partial charge in [0, 0.05) is 49.5 Å². The highest BCUT2D eigenvalue weighted by Crippen LogP contribution is 2.29. The molecule has 2 aromatic carbocycles. The Morgan fingerprint density at radius 2 is 1.62 bits per heavy atom. The zero-order valence-corrected chi connectivity index (χ0v) is 21.1. The smallest absolute Gasteiger partial charge is 0.227 e. The van der Waals surface area contributed by atoms with Gasteiger partial charge in [0.1, 0.15) is 0 Å². The number of nitrogens with zero attached hydrogens (tertiary/aromatic N) is 4. The van der Waals surface area contributed by atoms with Gasteiger partial charge in [0.2, 0.25) is 5.95 Å². The largest absolute Gasteiger partial charge is 0.324 e. The molecule has 4 rings (SSSR count). The van der Waals surface area contributed by atoms with Crippen LogP contribution in [0.3, 0.4) is 0 Å². The van der Waals surface area contributed by atoms with Crippen LogP contribution in [0.4, 0.5) is 11.6 Å². The molecule has 2 heterocycles. The second kappa shape index (κ2) is 10.8. The van der Waals surface area contributed by atoms with Crippen molar-refractivity contribution in [3.63, 3.8) is 0 Å². The van der Waals surface area contributed by atoms with Gasteiger partial charge in [0.15, 0.2) is 0 Å². The Morgan fingerprint density at radius 3 is 2.24 bits per heavy atom. The number of anilines is 2. The summed E-state index contributed by atoms with van der Waals surface area (Å²) in [4.78, 5) is 14.1. The minimum Gasteiger partial charge on any atom is -0.324 e. The maximum Gasteiger partial charge on any atom is 0.227 e. The van der Waals surface area contributed by atoms with Gasteiger partial charge in [-0.25, -0.2) is 9.97 Å². The Kier molecular flexibility index (Phi) is 7.84. The number of rotatable bonds is 8. The summed E-state index contributed by atoms with van der Waals surface area (Å²) in [6.45, 7) is 13.2. The molecule has 0 bridgehead atoms. The average molecular weight is 479 g/mol. The Balaban J connectivity index is 1.37. The molecule has 0 saturated carbocycles. The first-order chi connectivity index (χ1) is 16.3. The third kappa shape index (κ3) is 6.33. The lowest BCUT2D eigenvalue weighted by atomic mass is 9.94. The number of hydrogen-bond acceptors (Lipinski definition) is 6. The van der Waals surface area contributed by atoms with E-state index >= 15 is 0 Å². The number of halogens is 1. The minimum absolute atomic E-state index is 0.392. The van der Waals surface area contributed by atoms with Crippen LogP contribution in [-0.4, -0.2) is 59.0 Å². The van der Waals surface area contributed by atoms with E-state index in [1.807, 2.05) is 38.1 Å². The lowest BCUT2D eigenvalue weighted by Gasteiger charge is -2.34. The predicted octanol–water partition coefficient (Wildman–Crippen LogP) is 4.91. The quantitative estimate of drug-likeness (QED) is 0.479. The summed E-state index contributed by atoms with van der Waals surface area (Å²) in [6.07, 6.45) is 2.70. The molecule has 1 aromatic heterocycles. The number of aromatic nitrogens is 2. The van der Waals surface area contributed by atoms with Crippen LogP contribution >= 0.6 is 11.6 Å². The zero-order chi connectivity index (χ0) is 24.1. The first-order valence-corrected chi connectivity index (χ1v) is 12.4. The van der Waals surface area contributed by atoms with E-state index in [0.717, 1.165) is 49.4 Å². The van der Waals surface area contributed by atoms with Gasteiger partial charge in [0.25, 0.3) is 0 Å². The number of benzene rings is 2. The maximum absolute atomic E-state index is 6.42. The summed E-state index contributed by atoms with van der Waals surface area (Å²) in [5, 5.41) is 3.82. The Bertz CT molecular complexity index is 1070. The van der Waals surface area contributed by atoms with Crippen molar-refractivity contribution in [1.29, 1.82) is 0 Å². The summed E-state index contributed by atoms with van der Waals surface area (Å²) >= 11 is 6.42. The normalized spacial score (nSPS) is 15.4. The summed E-state index contributed by atoms with van der Waals surface area (Å²) in [5.41, 5.74) is 10.8. The predicted molar refractivity (Wildman–Crippen MR) is 142 cm³/mol. The fraction of sp³-hybridized carbons (Fsp3) is 0.407. The van der Waals surface area contributed by atoms with Crippen LogP contribution in [0.25, 0.3) is 11.3 Å². The lowest BCUT2D eigenvalue weighted by molar-refractivity contribution is 0.138. The van der Waals surface area contributed by atoms with Crippen molar-refractivity contribution in [3.05, 3.63) is 70.9 Å². The van der Waals surface area contributed by atoms with Crippen molar-refractivity contribution in [1.82, 2.24) is 19.8 Å². The number of nitrogens with one attached hydrogen (secondary N) is 1. The molecule has 3 N–H and O–H groups in total. The van der Waals surface area contributed by atoms with Gasteiger partial charge in [-0.1, -0.05) is 54.9 Å². The first-order valence-electron chi connectivity index (χ1n) is 12.0. The molecular weight excluding hydrogens is 444 g/mol. The molecule has 0 atom stereocenters. The number of hydrogen-bond donors (Lipinski definition) is 2. The molecule has 0 amide bonds. The highest BCUT2D eigenvalue weighted by atomic mass is 35.5. The van der Waals surface area contributed by atoms with Crippen molar-refractivity contribution in [2.45, 2.75) is 32.7 Å². The number of piperazine rings is 1. The van der Waals surface area contributed by atoms with Crippen LogP contribution in [-0.2, 0) is 12.0 Å². The van der Waals surface area contributed by atoms with Crippen LogP contribution in [0, 0.1) is 0 Å². The molecule has 180 valence electrons. The van der Waals surface area contributed by atoms with E-state index in [9.17, 15) is 0 Å². The SMILES string of the molecule is CCN1CCN(CCc2ccc(Nc3ncc(Cl)c(-c4ccc(C(C)(C)N)cc4)n3)cc2)CC1. The first kappa shape index (κ1) is 24.6. The third-order valence-electron chi connectivity index (χ3n) is 6.49. The molecule has 1 aliphatic heterocycles. The fourth-order valence-corrected chi connectivity index (χ4v) is 4.39. The van der Waals surface area contributed by atoms with Gasteiger partial charge in [-0.2, -0.15) is 0 Å². The highest BCUT2D eigenvalue weighted by molar-refractivity contribution is 6.32. The Labute approximate surface area is 208 Å². The van der Waals surface area contributed by atoms with Gasteiger partial charge in [-0.15, -0.1) is 0 Å². The molecule has 1 fully saturated rings. The van der Waals surface area contributed by atoms with Crippen LogP contribution in [0.2, 0.25) is 5.02 Å². The molecule has 1 aliphatic rings. The van der Waals surface area contributed by atoms with Crippen molar-refractivity contribution >= 4 is 23.2 Å². The van der Waals surface area contributed by atoms with E-state index in [1.54, 1.807) is 6.20 Å². The van der Waals surface area contributed by atoms with Crippen molar-refractivity contribution in [3.8, 4) is 11.3 Å². The molecule has 0 radical (unpaired) electrons. The van der Waals surface area contributed by atoms with Crippen molar-refractivity contribution in [2.75, 3.05) is 44.6 Å². The summed E-state index contributed by atoms with van der Waals surface area (Å²) < 4.78 is 0. The van der Waals surface area contributed by atoms with Crippen molar-refractivity contribution < 1.29 is 0 Å². The van der Waals surface area contributed by atoms with Gasteiger partial charge < -0.3 is 20.9 Å². The van der Waals surface area contributed by atoms with Gasteiger partial charge >= 0.3 is 0 Å². The minimum atomic E-state index is -0.392. The van der Waals surface area contributed by atoms with Crippen LogP contribution < -0.4 is 11.1 Å². The van der Waals surface area contributed by atoms with Gasteiger partial charge in [-0.05, 0) is 50.1 Å². The van der Waals surface area contributed by atoms with E-state index in [0.29, 0.717) is 16.7 Å². The Hall–Kier alpha value is -2.51. The van der Waals surface area contributed by atoms with E-state index in [4.69, 9.17) is 17.3 Å². The molecular formula is C27H35ClN6. The van der Waals surface area contributed by atoms with E-state index in [1.165, 1.54) is 18.7 Å². The fourth-order valence-electron chi connectivity index (χ4n) is 4.19. The second-order valence-electron chi connectivity index (χ2n) is 9.54. The Morgan fingerprint density at radius 1 is 0.971 bits per heavy atom. The van der Waals surface area contributed by atoms with Gasteiger partial charge in [0.05, 0.1) is 16.9 Å². The second-order valence-corrected chi connectivity index (χ2v) is 9.94. The molecule has 7 heteroatoms. The molecule has 3 aromatic rings. The molecule has 1 saturated heterocycles. The molecule has 0 unspecified atom stereocenters.